The predicted molar refractivity (Wildman–Crippen MR) is 28.7 cm³/mol. The Hall–Kier alpha value is -1.02. The first-order valence-electron chi connectivity index (χ1n) is 2.18. The molecule has 0 fully saturated rings. The summed E-state index contributed by atoms with van der Waals surface area (Å²) in [5.74, 6) is -0.442. The SMILES string of the molecule is [CH2]CCC(=O)N=[N+]=[N-]. The van der Waals surface area contributed by atoms with E-state index in [1.54, 1.807) is 0 Å². The molecule has 1 radical (unpaired) electrons. The van der Waals surface area contributed by atoms with Crippen LogP contribution in [0.4, 0.5) is 0 Å². The highest BCUT2D eigenvalue weighted by atomic mass is 16.1. The zero-order chi connectivity index (χ0) is 6.41. The third kappa shape index (κ3) is 3.18. The number of carbonyl (C=O) groups is 1. The van der Waals surface area contributed by atoms with E-state index in [0.717, 1.165) is 0 Å². The minimum Gasteiger partial charge on any atom is -0.293 e. The second-order valence-electron chi connectivity index (χ2n) is 1.19. The van der Waals surface area contributed by atoms with Gasteiger partial charge in [0.15, 0.2) is 0 Å². The Labute approximate surface area is 47.1 Å². The van der Waals surface area contributed by atoms with Crippen molar-refractivity contribution in [2.75, 3.05) is 0 Å². The molecule has 0 saturated carbocycles. The van der Waals surface area contributed by atoms with Crippen LogP contribution < -0.4 is 0 Å². The lowest BCUT2D eigenvalue weighted by Crippen LogP contribution is -1.87. The van der Waals surface area contributed by atoms with Crippen LogP contribution in [0.3, 0.4) is 0 Å². The first-order valence-corrected chi connectivity index (χ1v) is 2.18. The molecule has 8 heavy (non-hydrogen) atoms. The zero-order valence-corrected chi connectivity index (χ0v) is 4.37. The van der Waals surface area contributed by atoms with Crippen LogP contribution in [-0.4, -0.2) is 5.91 Å². The van der Waals surface area contributed by atoms with Crippen molar-refractivity contribution in [3.05, 3.63) is 17.4 Å². The van der Waals surface area contributed by atoms with Gasteiger partial charge in [0.05, 0.1) is 0 Å². The van der Waals surface area contributed by atoms with Gasteiger partial charge in [-0.1, -0.05) is 6.92 Å². The highest BCUT2D eigenvalue weighted by molar-refractivity contribution is 5.76. The first-order chi connectivity index (χ1) is 3.81. The summed E-state index contributed by atoms with van der Waals surface area (Å²) < 4.78 is 0. The molecule has 0 saturated heterocycles. The molecule has 0 aliphatic rings. The smallest absolute Gasteiger partial charge is 0.218 e. The molecule has 0 heterocycles. The number of carbonyl (C=O) groups excluding carboxylic acids is 1. The molecule has 0 aliphatic heterocycles. The lowest BCUT2D eigenvalue weighted by molar-refractivity contribution is -0.117. The van der Waals surface area contributed by atoms with Crippen LogP contribution in [0.2, 0.25) is 0 Å². The number of hydrogen-bond acceptors (Lipinski definition) is 1. The summed E-state index contributed by atoms with van der Waals surface area (Å²) in [6.45, 7) is 3.40. The van der Waals surface area contributed by atoms with Gasteiger partial charge in [0, 0.05) is 11.3 Å². The van der Waals surface area contributed by atoms with Gasteiger partial charge in [0.2, 0.25) is 5.91 Å². The predicted octanol–water partition coefficient (Wildman–Crippen LogP) is 1.44. The molecule has 0 bridgehead atoms. The normalized spacial score (nSPS) is 7.62. The summed E-state index contributed by atoms with van der Waals surface area (Å²) in [5, 5.41) is 2.82. The molecule has 1 amide bonds. The lowest BCUT2D eigenvalue weighted by Gasteiger charge is -1.81. The second-order valence-corrected chi connectivity index (χ2v) is 1.19. The van der Waals surface area contributed by atoms with Crippen LogP contribution >= 0.6 is 0 Å². The van der Waals surface area contributed by atoms with Crippen LogP contribution in [0.15, 0.2) is 5.11 Å². The van der Waals surface area contributed by atoms with Gasteiger partial charge in [-0.05, 0) is 17.1 Å². The van der Waals surface area contributed by atoms with Crippen molar-refractivity contribution in [3.63, 3.8) is 0 Å². The molecule has 0 aromatic carbocycles. The number of rotatable bonds is 2. The van der Waals surface area contributed by atoms with E-state index in [-0.39, 0.29) is 6.42 Å². The average molecular weight is 112 g/mol. The topological polar surface area (TPSA) is 65.8 Å². The fourth-order valence-corrected chi connectivity index (χ4v) is 0.251. The maximum absolute atomic E-state index is 10.2. The third-order valence-corrected chi connectivity index (χ3v) is 0.547. The highest BCUT2D eigenvalue weighted by Gasteiger charge is 1.91. The van der Waals surface area contributed by atoms with Gasteiger partial charge in [-0.25, -0.2) is 0 Å². The molecule has 0 aromatic heterocycles. The van der Waals surface area contributed by atoms with Crippen LogP contribution in [0.25, 0.3) is 10.4 Å². The zero-order valence-electron chi connectivity index (χ0n) is 4.37. The Morgan fingerprint density at radius 1 is 1.88 bits per heavy atom. The molecule has 0 rings (SSSR count). The standard InChI is InChI=1S/C4H6N3O/c1-2-3-4(8)6-7-5/h1-3H2. The molecular formula is C4H6N3O. The Balaban J connectivity index is 3.49. The van der Waals surface area contributed by atoms with Gasteiger partial charge in [-0.2, -0.15) is 0 Å². The maximum atomic E-state index is 10.2. The van der Waals surface area contributed by atoms with Crippen molar-refractivity contribution in [2.24, 2.45) is 5.11 Å². The first kappa shape index (κ1) is 6.98. The van der Waals surface area contributed by atoms with Gasteiger partial charge in [0.25, 0.3) is 0 Å². The van der Waals surface area contributed by atoms with Crippen molar-refractivity contribution in [1.82, 2.24) is 0 Å². The highest BCUT2D eigenvalue weighted by Crippen LogP contribution is 1.88. The Bertz CT molecular complexity index is 125. The van der Waals surface area contributed by atoms with Gasteiger partial charge in [-0.15, -0.1) is 0 Å². The summed E-state index contributed by atoms with van der Waals surface area (Å²) >= 11 is 0. The maximum Gasteiger partial charge on any atom is 0.218 e. The minimum absolute atomic E-state index is 0.240. The molecule has 4 nitrogen and oxygen atoms in total. The summed E-state index contributed by atoms with van der Waals surface area (Å²) in [6.07, 6.45) is 0.724. The average Bonchev–Trinajstić information content (AvgIpc) is 1.68. The van der Waals surface area contributed by atoms with E-state index in [0.29, 0.717) is 6.42 Å². The summed E-state index contributed by atoms with van der Waals surface area (Å²) in [4.78, 5) is 12.5. The molecule has 0 aliphatic carbocycles. The molecule has 4 heteroatoms. The van der Waals surface area contributed by atoms with Gasteiger partial charge in [-0.3, -0.25) is 4.79 Å². The monoisotopic (exact) mass is 112 g/mol. The van der Waals surface area contributed by atoms with E-state index in [1.807, 2.05) is 0 Å². The largest absolute Gasteiger partial charge is 0.293 e. The van der Waals surface area contributed by atoms with Crippen molar-refractivity contribution >= 4 is 5.91 Å². The number of azide groups is 1. The summed E-state index contributed by atoms with van der Waals surface area (Å²) in [5.41, 5.74) is 7.68. The Kier molecular flexibility index (Phi) is 3.62. The van der Waals surface area contributed by atoms with Gasteiger partial charge in [0.1, 0.15) is 0 Å². The molecule has 0 unspecified atom stereocenters. The van der Waals surface area contributed by atoms with Crippen molar-refractivity contribution < 1.29 is 4.79 Å². The minimum atomic E-state index is -0.442. The summed E-state index contributed by atoms with van der Waals surface area (Å²) in [7, 11) is 0. The van der Waals surface area contributed by atoms with Gasteiger partial charge >= 0.3 is 0 Å². The van der Waals surface area contributed by atoms with E-state index in [9.17, 15) is 4.79 Å². The fraction of sp³-hybridized carbons (Fsp3) is 0.500. The molecular weight excluding hydrogens is 106 g/mol. The van der Waals surface area contributed by atoms with Crippen LogP contribution in [0.1, 0.15) is 12.8 Å². The molecule has 0 atom stereocenters. The van der Waals surface area contributed by atoms with E-state index in [2.05, 4.69) is 16.9 Å². The molecule has 0 N–H and O–H groups in total. The molecule has 43 valence electrons. The van der Waals surface area contributed by atoms with E-state index < -0.39 is 5.91 Å². The molecule has 0 aromatic rings. The number of nitrogens with zero attached hydrogens (tertiary/aromatic N) is 3. The van der Waals surface area contributed by atoms with Crippen molar-refractivity contribution in [2.45, 2.75) is 12.8 Å². The van der Waals surface area contributed by atoms with Crippen LogP contribution in [0, 0.1) is 6.92 Å². The van der Waals surface area contributed by atoms with Gasteiger partial charge < -0.3 is 0 Å². The quantitative estimate of drug-likeness (QED) is 0.302. The van der Waals surface area contributed by atoms with Crippen molar-refractivity contribution in [3.8, 4) is 0 Å². The van der Waals surface area contributed by atoms with Crippen LogP contribution in [-0.2, 0) is 4.79 Å². The third-order valence-electron chi connectivity index (χ3n) is 0.547. The van der Waals surface area contributed by atoms with E-state index in [4.69, 9.17) is 5.53 Å². The fourth-order valence-electron chi connectivity index (χ4n) is 0.251. The summed E-state index contributed by atoms with van der Waals surface area (Å²) in [6, 6.07) is 0. The lowest BCUT2D eigenvalue weighted by atomic mass is 10.3. The van der Waals surface area contributed by atoms with Crippen LogP contribution in [0.5, 0.6) is 0 Å². The second kappa shape index (κ2) is 4.15. The Morgan fingerprint density at radius 2 is 2.50 bits per heavy atom. The number of hydrogen-bond donors (Lipinski definition) is 0. The van der Waals surface area contributed by atoms with Crippen molar-refractivity contribution in [1.29, 1.82) is 0 Å². The number of amides is 1. The Morgan fingerprint density at radius 3 is 2.88 bits per heavy atom. The van der Waals surface area contributed by atoms with E-state index in [1.165, 1.54) is 0 Å². The molecule has 0 spiro atoms. The van der Waals surface area contributed by atoms with E-state index >= 15 is 0 Å².